The van der Waals surface area contributed by atoms with Crippen LogP contribution in [-0.4, -0.2) is 17.2 Å². The van der Waals surface area contributed by atoms with Crippen molar-refractivity contribution >= 4 is 16.9 Å². The highest BCUT2D eigenvalue weighted by Gasteiger charge is 2.21. The van der Waals surface area contributed by atoms with Crippen LogP contribution in [0.3, 0.4) is 0 Å². The Hall–Kier alpha value is -3.28. The van der Waals surface area contributed by atoms with Crippen LogP contribution in [0.1, 0.15) is 24.2 Å². The lowest BCUT2D eigenvalue weighted by Crippen LogP contribution is -2.12. The average Bonchev–Trinajstić information content (AvgIpc) is 2.60. The predicted octanol–water partition coefficient (Wildman–Crippen LogP) is 3.51. The van der Waals surface area contributed by atoms with Crippen LogP contribution in [0.15, 0.2) is 57.7 Å². The molecular weight excluding hydrogens is 324 g/mol. The first-order valence-electron chi connectivity index (χ1n) is 7.70. The van der Waals surface area contributed by atoms with E-state index < -0.39 is 17.3 Å². The quantitative estimate of drug-likeness (QED) is 0.578. The lowest BCUT2D eigenvalue weighted by atomic mass is 10.2. The Morgan fingerprint density at radius 2 is 1.80 bits per heavy atom. The Labute approximate surface area is 143 Å². The summed E-state index contributed by atoms with van der Waals surface area (Å²) in [6.45, 7) is 3.65. The fraction of sp³-hybridized carbons (Fsp3) is 0.158. The molecule has 0 aliphatic carbocycles. The van der Waals surface area contributed by atoms with Crippen LogP contribution in [0, 0.1) is 0 Å². The predicted molar refractivity (Wildman–Crippen MR) is 91.3 cm³/mol. The fourth-order valence-electron chi connectivity index (χ4n) is 2.34. The zero-order valence-corrected chi connectivity index (χ0v) is 13.7. The molecule has 6 nitrogen and oxygen atoms in total. The molecule has 0 saturated heterocycles. The second kappa shape index (κ2) is 6.68. The van der Waals surface area contributed by atoms with Crippen LogP contribution in [-0.2, 0) is 0 Å². The molecule has 25 heavy (non-hydrogen) atoms. The van der Waals surface area contributed by atoms with Gasteiger partial charge in [-0.25, -0.2) is 9.59 Å². The molecule has 0 atom stereocenters. The second-order valence-corrected chi connectivity index (χ2v) is 5.62. The Bertz CT molecular complexity index is 972. The highest BCUT2D eigenvalue weighted by Crippen LogP contribution is 2.36. The monoisotopic (exact) mass is 340 g/mol. The molecule has 3 rings (SSSR count). The number of rotatable bonds is 4. The van der Waals surface area contributed by atoms with Gasteiger partial charge in [-0.1, -0.05) is 24.3 Å². The summed E-state index contributed by atoms with van der Waals surface area (Å²) in [4.78, 5) is 24.2. The molecule has 0 saturated carbocycles. The number of benzene rings is 2. The minimum absolute atomic E-state index is 0.106. The summed E-state index contributed by atoms with van der Waals surface area (Å²) >= 11 is 0. The third kappa shape index (κ3) is 3.33. The average molecular weight is 340 g/mol. The number of hydrogen-bond acceptors (Lipinski definition) is 6. The molecule has 1 N–H and O–H groups in total. The van der Waals surface area contributed by atoms with Crippen molar-refractivity contribution in [3.05, 3.63) is 64.5 Å². The Morgan fingerprint density at radius 1 is 1.08 bits per heavy atom. The lowest BCUT2D eigenvalue weighted by Gasteiger charge is -2.13. The molecule has 0 aliphatic rings. The summed E-state index contributed by atoms with van der Waals surface area (Å²) in [5.74, 6) is -1.40. The van der Waals surface area contributed by atoms with Crippen molar-refractivity contribution in [1.82, 2.24) is 0 Å². The number of ether oxygens (including phenoxy) is 2. The maximum atomic E-state index is 12.3. The van der Waals surface area contributed by atoms with E-state index in [0.717, 1.165) is 0 Å². The first-order valence-corrected chi connectivity index (χ1v) is 7.70. The summed E-state index contributed by atoms with van der Waals surface area (Å²) < 4.78 is 16.0. The van der Waals surface area contributed by atoms with Crippen molar-refractivity contribution in [2.24, 2.45) is 0 Å². The summed E-state index contributed by atoms with van der Waals surface area (Å²) in [6.07, 6.45) is -0.153. The van der Waals surface area contributed by atoms with Crippen molar-refractivity contribution in [2.45, 2.75) is 20.0 Å². The SMILES string of the molecule is CC(C)Oc1cccc2c(OC(=O)c3ccccc3)c(O)c(=O)oc12. The summed E-state index contributed by atoms with van der Waals surface area (Å²) in [7, 11) is 0. The normalized spacial score (nSPS) is 10.8. The molecule has 0 radical (unpaired) electrons. The minimum atomic E-state index is -1.01. The number of esters is 1. The highest BCUT2D eigenvalue weighted by molar-refractivity contribution is 5.96. The first-order chi connectivity index (χ1) is 12.0. The molecule has 0 fully saturated rings. The number of aromatic hydroxyl groups is 1. The third-order valence-electron chi connectivity index (χ3n) is 3.39. The summed E-state index contributed by atoms with van der Waals surface area (Å²) in [5.41, 5.74) is -0.615. The van der Waals surface area contributed by atoms with E-state index in [0.29, 0.717) is 5.75 Å². The van der Waals surface area contributed by atoms with Gasteiger partial charge in [0.1, 0.15) is 0 Å². The Morgan fingerprint density at radius 3 is 2.48 bits per heavy atom. The maximum Gasteiger partial charge on any atom is 0.382 e. The van der Waals surface area contributed by atoms with Crippen LogP contribution in [0.4, 0.5) is 0 Å². The maximum absolute atomic E-state index is 12.3. The summed E-state index contributed by atoms with van der Waals surface area (Å²) in [6, 6.07) is 13.1. The van der Waals surface area contributed by atoms with Gasteiger partial charge in [0.15, 0.2) is 17.1 Å². The van der Waals surface area contributed by atoms with Gasteiger partial charge in [-0.15, -0.1) is 0 Å². The van der Waals surface area contributed by atoms with Gasteiger partial charge >= 0.3 is 11.6 Å². The molecule has 0 aliphatic heterocycles. The van der Waals surface area contributed by atoms with Gasteiger partial charge in [0.25, 0.3) is 0 Å². The molecule has 0 spiro atoms. The van der Waals surface area contributed by atoms with Crippen LogP contribution < -0.4 is 15.1 Å². The fourth-order valence-corrected chi connectivity index (χ4v) is 2.34. The van der Waals surface area contributed by atoms with Gasteiger partial charge in [0, 0.05) is 0 Å². The van der Waals surface area contributed by atoms with Gasteiger partial charge < -0.3 is 19.0 Å². The standard InChI is InChI=1S/C19H16O6/c1-11(2)23-14-10-6-9-13-16(14)24-19(22)15(20)17(13)25-18(21)12-7-4-3-5-8-12/h3-11,20H,1-2H3. The van der Waals surface area contributed by atoms with E-state index in [1.165, 1.54) is 0 Å². The topological polar surface area (TPSA) is 86.0 Å². The van der Waals surface area contributed by atoms with E-state index in [2.05, 4.69) is 0 Å². The summed E-state index contributed by atoms with van der Waals surface area (Å²) in [5, 5.41) is 10.3. The molecule has 0 amide bonds. The molecule has 2 aromatic carbocycles. The van der Waals surface area contributed by atoms with Crippen LogP contribution in [0.25, 0.3) is 11.0 Å². The van der Waals surface area contributed by atoms with Gasteiger partial charge in [-0.2, -0.15) is 0 Å². The van der Waals surface area contributed by atoms with Gasteiger partial charge in [-0.05, 0) is 38.1 Å². The van der Waals surface area contributed by atoms with Crippen LogP contribution in [0.2, 0.25) is 0 Å². The highest BCUT2D eigenvalue weighted by atomic mass is 16.5. The number of carbonyl (C=O) groups is 1. The van der Waals surface area contributed by atoms with Crippen LogP contribution >= 0.6 is 0 Å². The number of carbonyl (C=O) groups excluding carboxylic acids is 1. The third-order valence-corrected chi connectivity index (χ3v) is 3.39. The lowest BCUT2D eigenvalue weighted by molar-refractivity contribution is 0.0731. The van der Waals surface area contributed by atoms with E-state index in [9.17, 15) is 14.7 Å². The van der Waals surface area contributed by atoms with E-state index in [1.807, 2.05) is 13.8 Å². The van der Waals surface area contributed by atoms with Crippen molar-refractivity contribution in [3.63, 3.8) is 0 Å². The minimum Gasteiger partial charge on any atom is -0.499 e. The molecular formula is C19H16O6. The molecule has 3 aromatic rings. The van der Waals surface area contributed by atoms with Gasteiger partial charge in [0.05, 0.1) is 17.1 Å². The van der Waals surface area contributed by atoms with Crippen molar-refractivity contribution in [3.8, 4) is 17.2 Å². The largest absolute Gasteiger partial charge is 0.499 e. The zero-order valence-electron chi connectivity index (χ0n) is 13.7. The van der Waals surface area contributed by atoms with E-state index in [1.54, 1.807) is 48.5 Å². The van der Waals surface area contributed by atoms with Crippen molar-refractivity contribution in [1.29, 1.82) is 0 Å². The Kier molecular flexibility index (Phi) is 4.43. The molecule has 1 aromatic heterocycles. The van der Waals surface area contributed by atoms with Crippen molar-refractivity contribution in [2.75, 3.05) is 0 Å². The van der Waals surface area contributed by atoms with Gasteiger partial charge in [0.2, 0.25) is 5.75 Å². The number of fused-ring (bicyclic) bond motifs is 1. The van der Waals surface area contributed by atoms with Gasteiger partial charge in [-0.3, -0.25) is 0 Å². The number of para-hydroxylation sites is 1. The van der Waals surface area contributed by atoms with E-state index in [-0.39, 0.29) is 28.4 Å². The second-order valence-electron chi connectivity index (χ2n) is 5.62. The molecule has 6 heteroatoms. The van der Waals surface area contributed by atoms with E-state index in [4.69, 9.17) is 13.9 Å². The zero-order chi connectivity index (χ0) is 18.0. The smallest absolute Gasteiger partial charge is 0.382 e. The molecule has 1 heterocycles. The van der Waals surface area contributed by atoms with Crippen molar-refractivity contribution < 1.29 is 23.8 Å². The number of hydrogen-bond donors (Lipinski definition) is 1. The molecule has 128 valence electrons. The molecule has 0 unspecified atom stereocenters. The Balaban J connectivity index is 2.12. The first kappa shape index (κ1) is 16.6. The van der Waals surface area contributed by atoms with Crippen LogP contribution in [0.5, 0.6) is 17.2 Å². The molecule has 0 bridgehead atoms. The van der Waals surface area contributed by atoms with E-state index >= 15 is 0 Å².